The highest BCUT2D eigenvalue weighted by molar-refractivity contribution is 7.20. The Kier molecular flexibility index (Phi) is 32.5. The number of benzene rings is 9. The maximum atomic E-state index is 6.83. The third-order valence-electron chi connectivity index (χ3n) is 23.2. The van der Waals surface area contributed by atoms with Crippen LogP contribution in [0, 0.1) is 41.5 Å². The van der Waals surface area contributed by atoms with E-state index in [0.29, 0.717) is 13.2 Å². The molecule has 0 fully saturated rings. The highest BCUT2D eigenvalue weighted by Gasteiger charge is 2.24. The summed E-state index contributed by atoms with van der Waals surface area (Å²) >= 11 is 11.2. The summed E-state index contributed by atoms with van der Waals surface area (Å²) in [5, 5.41) is 21.9. The highest BCUT2D eigenvalue weighted by Crippen LogP contribution is 2.52. The van der Waals surface area contributed by atoms with Crippen LogP contribution in [-0.4, -0.2) is 39.6 Å². The molecule has 0 atom stereocenters. The molecule has 0 saturated heterocycles. The van der Waals surface area contributed by atoms with Gasteiger partial charge in [-0.25, -0.2) is 0 Å². The van der Waals surface area contributed by atoms with Crippen molar-refractivity contribution in [1.29, 1.82) is 0 Å². The summed E-state index contributed by atoms with van der Waals surface area (Å²) < 4.78 is 47.5. The van der Waals surface area contributed by atoms with Gasteiger partial charge in [0.1, 0.15) is 34.5 Å². The summed E-state index contributed by atoms with van der Waals surface area (Å²) in [6.07, 6.45) is 41.8. The highest BCUT2D eigenvalue weighted by atomic mass is 32.1. The Labute approximate surface area is 717 Å². The molecule has 0 aliphatic carbocycles. The molecule has 0 aliphatic heterocycles. The zero-order valence-electron chi connectivity index (χ0n) is 72.2. The van der Waals surface area contributed by atoms with Gasteiger partial charge < -0.3 is 28.4 Å². The second-order valence-corrected chi connectivity index (χ2v) is 40.6. The predicted octanol–water partition coefficient (Wildman–Crippen LogP) is 36.0. The van der Waals surface area contributed by atoms with E-state index < -0.39 is 0 Å². The smallest absolute Gasteiger partial charge is 0.135 e. The molecule has 0 aliphatic rings. The SMILES string of the molecule is CCCCCCCCCCCCOc1c2cc3cc(C)sc3cc2c(OCCCCCCCCCCCC)c2cc3cc(C)sc3cc12.CCCCCCCCOc1c2cc3cc(C)sc3cc2c(OCCCCCCCC)c2cc3cc(C)sc3cc12.CCOc1c2cc3cc(C)sc3cc2c(OCC)c2cc3cc(C)sc3cc12. The molecule has 6 aromatic heterocycles. The van der Waals surface area contributed by atoms with E-state index in [1.165, 1.54) is 313 Å². The average molecular weight is 1670 g/mol. The van der Waals surface area contributed by atoms with Gasteiger partial charge >= 0.3 is 0 Å². The first-order chi connectivity index (χ1) is 56.8. The molecule has 9 aromatic carbocycles. The Morgan fingerprint density at radius 2 is 0.319 bits per heavy atom. The van der Waals surface area contributed by atoms with Gasteiger partial charge in [0, 0.05) is 122 Å². The van der Waals surface area contributed by atoms with Crippen molar-refractivity contribution in [2.45, 2.75) is 289 Å². The second kappa shape index (κ2) is 43.4. The lowest BCUT2D eigenvalue weighted by atomic mass is 9.98. The fraction of sp³-hybridized carbons (Fsp3) is 0.481. The van der Waals surface area contributed by atoms with Crippen molar-refractivity contribution in [3.05, 3.63) is 138 Å². The van der Waals surface area contributed by atoms with Gasteiger partial charge in [-0.05, 0) is 223 Å². The Morgan fingerprint density at radius 1 is 0.172 bits per heavy atom. The first-order valence-electron chi connectivity index (χ1n) is 45.0. The molecule has 15 rings (SSSR count). The van der Waals surface area contributed by atoms with Crippen LogP contribution in [0.4, 0.5) is 0 Å². The Bertz CT molecular complexity index is 5090. The molecule has 0 bridgehead atoms. The molecule has 6 heterocycles. The number of fused-ring (bicyclic) bond motifs is 12. The van der Waals surface area contributed by atoms with Crippen LogP contribution >= 0.6 is 68.0 Å². The van der Waals surface area contributed by atoms with Gasteiger partial charge in [0.05, 0.1) is 39.6 Å². The fourth-order valence-corrected chi connectivity index (χ4v) is 23.0. The summed E-state index contributed by atoms with van der Waals surface area (Å²) in [6, 6.07) is 41.8. The lowest BCUT2D eigenvalue weighted by Crippen LogP contribution is -2.02. The molecule has 0 N–H and O–H groups in total. The molecule has 12 heteroatoms. The predicted molar refractivity (Wildman–Crippen MR) is 520 cm³/mol. The van der Waals surface area contributed by atoms with Gasteiger partial charge in [-0.15, -0.1) is 68.0 Å². The quantitative estimate of drug-likeness (QED) is 0.0280. The van der Waals surface area contributed by atoms with Gasteiger partial charge in [0.2, 0.25) is 0 Å². The number of unbranched alkanes of at least 4 members (excludes halogenated alkanes) is 28. The third-order valence-corrected chi connectivity index (χ3v) is 29.2. The van der Waals surface area contributed by atoms with E-state index in [1.807, 2.05) is 68.0 Å². The van der Waals surface area contributed by atoms with Crippen LogP contribution in [0.15, 0.2) is 109 Å². The average Bonchev–Trinajstić information content (AvgIpc) is 1.36. The van der Waals surface area contributed by atoms with Crippen molar-refractivity contribution in [2.75, 3.05) is 39.6 Å². The van der Waals surface area contributed by atoms with E-state index in [4.69, 9.17) is 28.4 Å². The molecular weight excluding hydrogens is 1540 g/mol. The first-order valence-corrected chi connectivity index (χ1v) is 49.9. The molecule has 15 aromatic rings. The lowest BCUT2D eigenvalue weighted by molar-refractivity contribution is 0.306. The summed E-state index contributed by atoms with van der Waals surface area (Å²) in [5.41, 5.74) is 0. The van der Waals surface area contributed by atoms with Crippen LogP contribution in [0.25, 0.3) is 125 Å². The number of thiophene rings is 6. The van der Waals surface area contributed by atoms with Gasteiger partial charge in [0.15, 0.2) is 0 Å². The molecule has 0 spiro atoms. The summed E-state index contributed by atoms with van der Waals surface area (Å²) in [4.78, 5) is 8.02. The third kappa shape index (κ3) is 21.8. The van der Waals surface area contributed by atoms with Crippen LogP contribution in [-0.2, 0) is 0 Å². The largest absolute Gasteiger partial charge is 0.493 e. The van der Waals surface area contributed by atoms with Crippen molar-refractivity contribution in [1.82, 2.24) is 0 Å². The first kappa shape index (κ1) is 86.9. The topological polar surface area (TPSA) is 55.4 Å². The molecule has 6 nitrogen and oxygen atoms in total. The van der Waals surface area contributed by atoms with Crippen molar-refractivity contribution < 1.29 is 28.4 Å². The van der Waals surface area contributed by atoms with Crippen molar-refractivity contribution in [3.8, 4) is 34.5 Å². The van der Waals surface area contributed by atoms with E-state index >= 15 is 0 Å². The molecule has 0 amide bonds. The molecule has 116 heavy (non-hydrogen) atoms. The summed E-state index contributed by atoms with van der Waals surface area (Å²) in [6.45, 7) is 30.7. The fourth-order valence-electron chi connectivity index (χ4n) is 17.3. The lowest BCUT2D eigenvalue weighted by Gasteiger charge is -2.19. The number of hydrogen-bond acceptors (Lipinski definition) is 12. The molecule has 618 valence electrons. The maximum absolute atomic E-state index is 6.83. The maximum Gasteiger partial charge on any atom is 0.135 e. The number of ether oxygens (including phenoxy) is 6. The molecule has 0 radical (unpaired) electrons. The minimum Gasteiger partial charge on any atom is -0.493 e. The van der Waals surface area contributed by atoms with E-state index in [9.17, 15) is 0 Å². The zero-order chi connectivity index (χ0) is 80.9. The summed E-state index contributed by atoms with van der Waals surface area (Å²) in [7, 11) is 0. The van der Waals surface area contributed by atoms with Crippen LogP contribution in [0.2, 0.25) is 0 Å². The Hall–Kier alpha value is -6.90. The van der Waals surface area contributed by atoms with Crippen molar-refractivity contribution >= 4 is 193 Å². The van der Waals surface area contributed by atoms with Gasteiger partial charge in [-0.3, -0.25) is 0 Å². The van der Waals surface area contributed by atoms with E-state index in [2.05, 4.69) is 192 Å². The van der Waals surface area contributed by atoms with Crippen molar-refractivity contribution in [3.63, 3.8) is 0 Å². The summed E-state index contributed by atoms with van der Waals surface area (Å²) in [5.74, 6) is 6.08. The number of hydrogen-bond donors (Lipinski definition) is 0. The molecule has 0 unspecified atom stereocenters. The van der Waals surface area contributed by atoms with Crippen LogP contribution in [0.3, 0.4) is 0 Å². The van der Waals surface area contributed by atoms with Gasteiger partial charge in [-0.2, -0.15) is 0 Å². The zero-order valence-corrected chi connectivity index (χ0v) is 77.1. The standard InChI is InChI=1S/C44H62O2S2.C36H46O2S2.C24H22O2S2/c1-5-7-9-11-13-15-17-19-21-23-25-45-43-37-29-35-27-33(3)48-42(35)32-40(37)44(38-30-36-28-34(4)47-41(36)31-39(38)43)46-26-24-22-20-18-16-14-12-10-8-6-2;1-5-7-9-11-13-15-17-37-35-29-21-27-19-25(3)40-34(27)24-32(29)36(38-18-16-14-12-10-8-6-2)30-22-28-20-26(4)39-33(28)23-31(30)35;1-5-25-23-17-9-15-7-13(3)28-22(15)12-20(17)24(26-6-2)18-10-16-8-14(4)27-21(16)11-19(18)23/h27-32H,5-26H2,1-4H3;19-24H,5-18H2,1-4H3;7-12H,5-6H2,1-4H3. The van der Waals surface area contributed by atoms with Gasteiger partial charge in [0.25, 0.3) is 0 Å². The van der Waals surface area contributed by atoms with E-state index in [-0.39, 0.29) is 0 Å². The number of aryl methyl sites for hydroxylation is 6. The monoisotopic (exact) mass is 1670 g/mol. The van der Waals surface area contributed by atoms with Gasteiger partial charge in [-0.1, -0.05) is 207 Å². The number of rotatable bonds is 44. The Morgan fingerprint density at radius 3 is 0.483 bits per heavy atom. The molecular formula is C104H130O6S6. The Balaban J connectivity index is 0.000000156. The van der Waals surface area contributed by atoms with Crippen LogP contribution in [0.5, 0.6) is 34.5 Å². The minimum absolute atomic E-state index is 0.639. The minimum atomic E-state index is 0.639. The van der Waals surface area contributed by atoms with Crippen LogP contribution in [0.1, 0.15) is 276 Å². The van der Waals surface area contributed by atoms with E-state index in [0.717, 1.165) is 108 Å². The van der Waals surface area contributed by atoms with Crippen LogP contribution < -0.4 is 28.4 Å². The second-order valence-electron chi connectivity index (χ2n) is 32.9. The van der Waals surface area contributed by atoms with E-state index in [1.54, 1.807) is 0 Å². The molecule has 0 saturated carbocycles. The van der Waals surface area contributed by atoms with Crippen molar-refractivity contribution in [2.24, 2.45) is 0 Å². The normalized spacial score (nSPS) is 11.9.